The highest BCUT2D eigenvalue weighted by atomic mass is 32.1. The molecule has 0 amide bonds. The molecule has 1 aromatic heterocycles. The van der Waals surface area contributed by atoms with E-state index in [1.807, 2.05) is 6.07 Å². The third kappa shape index (κ3) is 3.10. The molecule has 3 nitrogen and oxygen atoms in total. The van der Waals surface area contributed by atoms with Gasteiger partial charge in [-0.15, -0.1) is 0 Å². The molecule has 1 saturated heterocycles. The van der Waals surface area contributed by atoms with E-state index in [4.69, 9.17) is 4.74 Å². The summed E-state index contributed by atoms with van der Waals surface area (Å²) in [4.78, 5) is 2.42. The van der Waals surface area contributed by atoms with Crippen LogP contribution in [-0.2, 0) is 0 Å². The molecule has 0 bridgehead atoms. The van der Waals surface area contributed by atoms with Crippen LogP contribution in [0, 0.1) is 5.82 Å². The number of thiophene rings is 1. The molecule has 0 saturated carbocycles. The first kappa shape index (κ1) is 14.5. The molecule has 2 aromatic rings. The standard InChI is InChI=1S/C16H19FN2OS/c1-20-15-10-13(17)2-3-14(15)16(12-4-9-21-11-12)19-7-5-18-6-8-19/h2-4,9-11,16,18H,5-8H2,1H3/t16-/m0/s1. The molecule has 1 aliphatic heterocycles. The number of hydrogen-bond acceptors (Lipinski definition) is 4. The number of ether oxygens (including phenoxy) is 1. The third-order valence-electron chi connectivity index (χ3n) is 3.87. The van der Waals surface area contributed by atoms with E-state index in [-0.39, 0.29) is 11.9 Å². The molecule has 1 N–H and O–H groups in total. The molecule has 1 fully saturated rings. The first-order valence-electron chi connectivity index (χ1n) is 7.10. The summed E-state index contributed by atoms with van der Waals surface area (Å²) >= 11 is 1.69. The number of rotatable bonds is 4. The van der Waals surface area contributed by atoms with Crippen molar-refractivity contribution in [2.75, 3.05) is 33.3 Å². The molecule has 1 aliphatic rings. The van der Waals surface area contributed by atoms with Crippen molar-refractivity contribution in [2.45, 2.75) is 6.04 Å². The Labute approximate surface area is 128 Å². The molecule has 21 heavy (non-hydrogen) atoms. The van der Waals surface area contributed by atoms with E-state index < -0.39 is 0 Å². The van der Waals surface area contributed by atoms with Crippen LogP contribution in [0.15, 0.2) is 35.0 Å². The smallest absolute Gasteiger partial charge is 0.126 e. The Balaban J connectivity index is 2.02. The normalized spacial score (nSPS) is 17.6. The van der Waals surface area contributed by atoms with Crippen molar-refractivity contribution in [3.8, 4) is 5.75 Å². The van der Waals surface area contributed by atoms with Crippen molar-refractivity contribution in [1.82, 2.24) is 10.2 Å². The van der Waals surface area contributed by atoms with Crippen LogP contribution < -0.4 is 10.1 Å². The van der Waals surface area contributed by atoms with Crippen molar-refractivity contribution in [3.63, 3.8) is 0 Å². The Morgan fingerprint density at radius 3 is 2.76 bits per heavy atom. The number of benzene rings is 1. The molecular weight excluding hydrogens is 287 g/mol. The molecule has 0 unspecified atom stereocenters. The lowest BCUT2D eigenvalue weighted by molar-refractivity contribution is 0.195. The summed E-state index contributed by atoms with van der Waals surface area (Å²) in [5, 5.41) is 7.62. The average molecular weight is 306 g/mol. The van der Waals surface area contributed by atoms with Crippen molar-refractivity contribution >= 4 is 11.3 Å². The number of methoxy groups -OCH3 is 1. The van der Waals surface area contributed by atoms with Gasteiger partial charge in [-0.05, 0) is 28.5 Å². The van der Waals surface area contributed by atoms with Crippen LogP contribution in [-0.4, -0.2) is 38.2 Å². The summed E-state index contributed by atoms with van der Waals surface area (Å²) in [6.07, 6.45) is 0. The predicted molar refractivity (Wildman–Crippen MR) is 83.6 cm³/mol. The Hall–Kier alpha value is -1.43. The lowest BCUT2D eigenvalue weighted by atomic mass is 9.97. The fraction of sp³-hybridized carbons (Fsp3) is 0.375. The van der Waals surface area contributed by atoms with Crippen LogP contribution in [0.3, 0.4) is 0 Å². The lowest BCUT2D eigenvalue weighted by Crippen LogP contribution is -2.45. The monoisotopic (exact) mass is 306 g/mol. The summed E-state index contributed by atoms with van der Waals surface area (Å²) in [6, 6.07) is 7.09. The second kappa shape index (κ2) is 6.56. The number of halogens is 1. The second-order valence-corrected chi connectivity index (χ2v) is 5.91. The largest absolute Gasteiger partial charge is 0.496 e. The van der Waals surface area contributed by atoms with Crippen LogP contribution in [0.2, 0.25) is 0 Å². The SMILES string of the molecule is COc1cc(F)ccc1[C@H](c1ccsc1)N1CCNCC1. The highest BCUT2D eigenvalue weighted by molar-refractivity contribution is 7.08. The number of nitrogens with one attached hydrogen (secondary N) is 1. The molecule has 0 spiro atoms. The Morgan fingerprint density at radius 1 is 1.29 bits per heavy atom. The Bertz CT molecular complexity index is 582. The van der Waals surface area contributed by atoms with Gasteiger partial charge in [0.15, 0.2) is 0 Å². The van der Waals surface area contributed by atoms with Crippen LogP contribution >= 0.6 is 11.3 Å². The summed E-state index contributed by atoms with van der Waals surface area (Å²) in [5.74, 6) is 0.352. The third-order valence-corrected chi connectivity index (χ3v) is 4.57. The van der Waals surface area contributed by atoms with E-state index in [9.17, 15) is 4.39 Å². The summed E-state index contributed by atoms with van der Waals surface area (Å²) in [7, 11) is 1.60. The Kier molecular flexibility index (Phi) is 4.53. The maximum absolute atomic E-state index is 13.5. The minimum Gasteiger partial charge on any atom is -0.496 e. The van der Waals surface area contributed by atoms with Crippen molar-refractivity contribution in [3.05, 3.63) is 52.0 Å². The van der Waals surface area contributed by atoms with Gasteiger partial charge in [0, 0.05) is 37.8 Å². The fourth-order valence-corrected chi connectivity index (χ4v) is 3.55. The van der Waals surface area contributed by atoms with E-state index in [0.717, 1.165) is 31.7 Å². The number of nitrogens with zero attached hydrogens (tertiary/aromatic N) is 1. The van der Waals surface area contributed by atoms with Gasteiger partial charge in [-0.1, -0.05) is 6.07 Å². The maximum Gasteiger partial charge on any atom is 0.126 e. The van der Waals surface area contributed by atoms with Crippen molar-refractivity contribution in [1.29, 1.82) is 0 Å². The van der Waals surface area contributed by atoms with Crippen LogP contribution in [0.25, 0.3) is 0 Å². The van der Waals surface area contributed by atoms with Gasteiger partial charge in [-0.25, -0.2) is 4.39 Å². The van der Waals surface area contributed by atoms with E-state index in [1.54, 1.807) is 18.4 Å². The zero-order valence-corrected chi connectivity index (χ0v) is 12.8. The molecule has 1 atom stereocenters. The molecule has 0 radical (unpaired) electrons. The van der Waals surface area contributed by atoms with Crippen molar-refractivity contribution in [2.24, 2.45) is 0 Å². The van der Waals surface area contributed by atoms with Gasteiger partial charge in [0.25, 0.3) is 0 Å². The number of hydrogen-bond donors (Lipinski definition) is 1. The van der Waals surface area contributed by atoms with Gasteiger partial charge < -0.3 is 10.1 Å². The molecule has 112 valence electrons. The Morgan fingerprint density at radius 2 is 2.10 bits per heavy atom. The molecule has 1 aromatic carbocycles. The van der Waals surface area contributed by atoms with Gasteiger partial charge in [-0.3, -0.25) is 4.90 Å². The molecule has 5 heteroatoms. The highest BCUT2D eigenvalue weighted by Gasteiger charge is 2.26. The van der Waals surface area contributed by atoms with Gasteiger partial charge in [0.2, 0.25) is 0 Å². The highest BCUT2D eigenvalue weighted by Crippen LogP contribution is 2.36. The number of piperazine rings is 1. The zero-order valence-electron chi connectivity index (χ0n) is 12.0. The van der Waals surface area contributed by atoms with Gasteiger partial charge in [-0.2, -0.15) is 11.3 Å². The van der Waals surface area contributed by atoms with Crippen molar-refractivity contribution < 1.29 is 9.13 Å². The summed E-state index contributed by atoms with van der Waals surface area (Å²) in [6.45, 7) is 3.90. The van der Waals surface area contributed by atoms with E-state index in [0.29, 0.717) is 5.75 Å². The minimum atomic E-state index is -0.264. The predicted octanol–water partition coefficient (Wildman–Crippen LogP) is 2.89. The quantitative estimate of drug-likeness (QED) is 0.940. The van der Waals surface area contributed by atoms with Gasteiger partial charge >= 0.3 is 0 Å². The lowest BCUT2D eigenvalue weighted by Gasteiger charge is -2.35. The van der Waals surface area contributed by atoms with E-state index >= 15 is 0 Å². The molecular formula is C16H19FN2OS. The minimum absolute atomic E-state index is 0.119. The van der Waals surface area contributed by atoms with Crippen LogP contribution in [0.5, 0.6) is 5.75 Å². The van der Waals surface area contributed by atoms with Gasteiger partial charge in [0.05, 0.1) is 13.2 Å². The van der Waals surface area contributed by atoms with Gasteiger partial charge in [0.1, 0.15) is 11.6 Å². The van der Waals surface area contributed by atoms with Crippen LogP contribution in [0.1, 0.15) is 17.2 Å². The molecule has 3 rings (SSSR count). The zero-order chi connectivity index (χ0) is 14.7. The molecule has 0 aliphatic carbocycles. The topological polar surface area (TPSA) is 24.5 Å². The summed E-state index contributed by atoms with van der Waals surface area (Å²) < 4.78 is 18.9. The first-order valence-corrected chi connectivity index (χ1v) is 8.04. The first-order chi connectivity index (χ1) is 10.3. The fourth-order valence-electron chi connectivity index (χ4n) is 2.87. The summed E-state index contributed by atoms with van der Waals surface area (Å²) in [5.41, 5.74) is 2.27. The average Bonchev–Trinajstić information content (AvgIpc) is 3.04. The maximum atomic E-state index is 13.5. The van der Waals surface area contributed by atoms with E-state index in [2.05, 4.69) is 27.0 Å². The molecule has 2 heterocycles. The van der Waals surface area contributed by atoms with E-state index in [1.165, 1.54) is 17.7 Å². The van der Waals surface area contributed by atoms with Crippen LogP contribution in [0.4, 0.5) is 4.39 Å². The second-order valence-electron chi connectivity index (χ2n) is 5.13.